The summed E-state index contributed by atoms with van der Waals surface area (Å²) in [6.07, 6.45) is 2.34. The Balaban J connectivity index is 1.54. The fraction of sp³-hybridized carbons (Fsp3) is 0.600. The Morgan fingerprint density at radius 1 is 1.44 bits per heavy atom. The quantitative estimate of drug-likeness (QED) is 0.888. The van der Waals surface area contributed by atoms with Crippen LogP contribution < -0.4 is 5.32 Å². The normalized spacial score (nSPS) is 19.3. The van der Waals surface area contributed by atoms with E-state index in [0.29, 0.717) is 22.7 Å². The van der Waals surface area contributed by atoms with Crippen molar-refractivity contribution >= 4 is 40.0 Å². The number of aromatic nitrogens is 2. The van der Waals surface area contributed by atoms with Gasteiger partial charge in [0.2, 0.25) is 16.9 Å². The molecule has 96 valence electrons. The van der Waals surface area contributed by atoms with Crippen molar-refractivity contribution in [3.05, 3.63) is 5.01 Å². The number of rotatable bonds is 4. The molecule has 2 fully saturated rings. The molecule has 1 aliphatic carbocycles. The summed E-state index contributed by atoms with van der Waals surface area (Å²) in [4.78, 5) is 24.6. The minimum atomic E-state index is -0.204. The molecule has 1 N–H and O–H groups in total. The van der Waals surface area contributed by atoms with Gasteiger partial charge in [-0.15, -0.1) is 22.0 Å². The number of nitrogens with zero attached hydrogens (tertiary/aromatic N) is 3. The Morgan fingerprint density at radius 2 is 2.28 bits per heavy atom. The van der Waals surface area contributed by atoms with Gasteiger partial charge >= 0.3 is 0 Å². The number of carbonyl (C=O) groups is 2. The van der Waals surface area contributed by atoms with Crippen molar-refractivity contribution in [2.24, 2.45) is 0 Å². The van der Waals surface area contributed by atoms with Gasteiger partial charge in [0.1, 0.15) is 11.6 Å². The predicted molar refractivity (Wildman–Crippen MR) is 69.6 cm³/mol. The van der Waals surface area contributed by atoms with E-state index in [1.807, 2.05) is 0 Å². The van der Waals surface area contributed by atoms with Gasteiger partial charge < -0.3 is 4.90 Å². The maximum absolute atomic E-state index is 11.7. The van der Waals surface area contributed by atoms with E-state index in [4.69, 9.17) is 0 Å². The molecular weight excluding hydrogens is 272 g/mol. The molecule has 6 nitrogen and oxygen atoms in total. The topological polar surface area (TPSA) is 75.2 Å². The Morgan fingerprint density at radius 3 is 2.94 bits per heavy atom. The molecule has 8 heteroatoms. The molecule has 18 heavy (non-hydrogen) atoms. The summed E-state index contributed by atoms with van der Waals surface area (Å²) in [7, 11) is 0. The lowest BCUT2D eigenvalue weighted by molar-refractivity contribution is -0.130. The third-order valence-electron chi connectivity index (χ3n) is 2.77. The number of thioether (sulfide) groups is 1. The Kier molecular flexibility index (Phi) is 3.21. The van der Waals surface area contributed by atoms with Crippen LogP contribution in [-0.4, -0.2) is 45.1 Å². The Labute approximate surface area is 112 Å². The van der Waals surface area contributed by atoms with Gasteiger partial charge in [0.25, 0.3) is 0 Å². The van der Waals surface area contributed by atoms with Crippen LogP contribution in [0.4, 0.5) is 5.13 Å². The zero-order valence-corrected chi connectivity index (χ0v) is 11.2. The van der Waals surface area contributed by atoms with Gasteiger partial charge in [-0.25, -0.2) is 0 Å². The number of carbonyl (C=O) groups excluding carboxylic acids is 2. The van der Waals surface area contributed by atoms with Gasteiger partial charge in [-0.05, 0) is 12.8 Å². The Bertz CT molecular complexity index is 486. The van der Waals surface area contributed by atoms with Crippen LogP contribution in [0.1, 0.15) is 23.8 Å². The smallest absolute Gasteiger partial charge is 0.245 e. The van der Waals surface area contributed by atoms with Crippen molar-refractivity contribution in [2.45, 2.75) is 18.8 Å². The van der Waals surface area contributed by atoms with Crippen LogP contribution in [0.2, 0.25) is 0 Å². The Hall–Kier alpha value is -1.15. The standard InChI is InChI=1S/C10H12N4O2S2/c15-7(3-14-5-17-4-8(14)16)11-10-13-12-9(18-10)6-1-2-6/h6H,1-5H2,(H,11,13,15). The van der Waals surface area contributed by atoms with Crippen LogP contribution in [0, 0.1) is 0 Å². The van der Waals surface area contributed by atoms with Crippen molar-refractivity contribution in [3.63, 3.8) is 0 Å². The lowest BCUT2D eigenvalue weighted by atomic mass is 10.5. The van der Waals surface area contributed by atoms with Gasteiger partial charge in [-0.3, -0.25) is 14.9 Å². The highest BCUT2D eigenvalue weighted by Gasteiger charge is 2.28. The van der Waals surface area contributed by atoms with Crippen LogP contribution in [0.25, 0.3) is 0 Å². The first-order chi connectivity index (χ1) is 8.72. The molecule has 0 unspecified atom stereocenters. The molecule has 0 atom stereocenters. The lowest BCUT2D eigenvalue weighted by Crippen LogP contribution is -2.34. The maximum atomic E-state index is 11.7. The maximum Gasteiger partial charge on any atom is 0.245 e. The molecule has 0 spiro atoms. The second-order valence-corrected chi connectivity index (χ2v) is 6.30. The van der Waals surface area contributed by atoms with Gasteiger partial charge in [0.15, 0.2) is 0 Å². The highest BCUT2D eigenvalue weighted by molar-refractivity contribution is 8.00. The SMILES string of the molecule is O=C(CN1CSCC1=O)Nc1nnc(C2CC2)s1. The third-order valence-corrected chi connectivity index (χ3v) is 4.72. The molecule has 2 heterocycles. The van der Waals surface area contributed by atoms with E-state index in [1.54, 1.807) is 4.90 Å². The van der Waals surface area contributed by atoms with Crippen molar-refractivity contribution < 1.29 is 9.59 Å². The van der Waals surface area contributed by atoms with Crippen LogP contribution >= 0.6 is 23.1 Å². The summed E-state index contributed by atoms with van der Waals surface area (Å²) < 4.78 is 0. The first-order valence-electron chi connectivity index (χ1n) is 5.71. The lowest BCUT2D eigenvalue weighted by Gasteiger charge is -2.12. The van der Waals surface area contributed by atoms with Gasteiger partial charge in [0, 0.05) is 5.92 Å². The molecule has 1 aliphatic heterocycles. The van der Waals surface area contributed by atoms with Crippen molar-refractivity contribution in [3.8, 4) is 0 Å². The van der Waals surface area contributed by atoms with E-state index in [-0.39, 0.29) is 18.4 Å². The summed E-state index contributed by atoms with van der Waals surface area (Å²) >= 11 is 2.95. The van der Waals surface area contributed by atoms with Gasteiger partial charge in [0.05, 0.1) is 11.6 Å². The molecule has 2 amide bonds. The number of anilines is 1. The fourth-order valence-corrected chi connectivity index (χ4v) is 3.49. The second-order valence-electron chi connectivity index (χ2n) is 4.34. The van der Waals surface area contributed by atoms with E-state index in [2.05, 4.69) is 15.5 Å². The molecule has 1 aromatic rings. The second kappa shape index (κ2) is 4.85. The number of hydrogen-bond donors (Lipinski definition) is 1. The zero-order valence-electron chi connectivity index (χ0n) is 9.59. The number of nitrogens with one attached hydrogen (secondary N) is 1. The minimum absolute atomic E-state index is 0.0195. The molecule has 0 radical (unpaired) electrons. The molecule has 0 bridgehead atoms. The molecule has 1 saturated carbocycles. The third kappa shape index (κ3) is 2.64. The van der Waals surface area contributed by atoms with Crippen molar-refractivity contribution in [1.82, 2.24) is 15.1 Å². The average Bonchev–Trinajstić information content (AvgIpc) is 2.97. The fourth-order valence-electron chi connectivity index (χ4n) is 1.65. The minimum Gasteiger partial charge on any atom is -0.323 e. The van der Waals surface area contributed by atoms with E-state index in [1.165, 1.54) is 35.9 Å². The first-order valence-corrected chi connectivity index (χ1v) is 7.68. The van der Waals surface area contributed by atoms with Crippen LogP contribution in [0.15, 0.2) is 0 Å². The molecule has 1 aromatic heterocycles. The summed E-state index contributed by atoms with van der Waals surface area (Å²) in [5.74, 6) is 1.42. The first kappa shape index (κ1) is 11.9. The van der Waals surface area contributed by atoms with E-state index in [9.17, 15) is 9.59 Å². The molecule has 3 rings (SSSR count). The zero-order chi connectivity index (χ0) is 12.5. The molecule has 0 aromatic carbocycles. The van der Waals surface area contributed by atoms with E-state index >= 15 is 0 Å². The number of hydrogen-bond acceptors (Lipinski definition) is 6. The van der Waals surface area contributed by atoms with Crippen LogP contribution in [0.5, 0.6) is 0 Å². The molecular formula is C10H12N4O2S2. The highest BCUT2D eigenvalue weighted by Crippen LogP contribution is 2.41. The van der Waals surface area contributed by atoms with Crippen molar-refractivity contribution in [2.75, 3.05) is 23.5 Å². The van der Waals surface area contributed by atoms with Crippen molar-refractivity contribution in [1.29, 1.82) is 0 Å². The monoisotopic (exact) mass is 284 g/mol. The summed E-state index contributed by atoms with van der Waals surface area (Å²) in [6.45, 7) is 0.101. The summed E-state index contributed by atoms with van der Waals surface area (Å²) in [5.41, 5.74) is 0. The van der Waals surface area contributed by atoms with Gasteiger partial charge in [-0.1, -0.05) is 11.3 Å². The highest BCUT2D eigenvalue weighted by atomic mass is 32.2. The molecule has 1 saturated heterocycles. The summed E-state index contributed by atoms with van der Waals surface area (Å²) in [5, 5.41) is 12.2. The van der Waals surface area contributed by atoms with E-state index < -0.39 is 0 Å². The predicted octanol–water partition coefficient (Wildman–Crippen LogP) is 0.887. The average molecular weight is 284 g/mol. The van der Waals surface area contributed by atoms with Crippen LogP contribution in [0.3, 0.4) is 0 Å². The largest absolute Gasteiger partial charge is 0.323 e. The van der Waals surface area contributed by atoms with E-state index in [0.717, 1.165) is 5.01 Å². The van der Waals surface area contributed by atoms with Gasteiger partial charge in [-0.2, -0.15) is 0 Å². The molecule has 2 aliphatic rings. The number of amides is 2. The summed E-state index contributed by atoms with van der Waals surface area (Å²) in [6, 6.07) is 0. The van der Waals surface area contributed by atoms with Crippen LogP contribution in [-0.2, 0) is 9.59 Å².